The lowest BCUT2D eigenvalue weighted by molar-refractivity contribution is -0.112. The Morgan fingerprint density at radius 2 is 1.05 bits per heavy atom. The number of anilines is 8. The molecule has 0 unspecified atom stereocenters. The monoisotopic (exact) mass is 1160 g/mol. The number of methoxy groups -OCH3 is 2. The van der Waals surface area contributed by atoms with Crippen molar-refractivity contribution in [1.29, 1.82) is 0 Å². The highest BCUT2D eigenvalue weighted by molar-refractivity contribution is 7.89. The summed E-state index contributed by atoms with van der Waals surface area (Å²) >= 11 is 4.71. The van der Waals surface area contributed by atoms with E-state index < -0.39 is 25.3 Å². The summed E-state index contributed by atoms with van der Waals surface area (Å²) in [6.07, 6.45) is 10.9. The molecular formula is C56H67ClN14O8S2. The molecule has 428 valence electrons. The number of para-hydroxylation sites is 2. The Labute approximate surface area is 477 Å². The Hall–Kier alpha value is -8.55. The maximum atomic E-state index is 12.4. The van der Waals surface area contributed by atoms with E-state index in [2.05, 4.69) is 63.7 Å². The molecule has 0 aliphatic carbocycles. The van der Waals surface area contributed by atoms with Crippen LogP contribution in [0.4, 0.5) is 46.0 Å². The number of rotatable bonds is 21. The highest BCUT2D eigenvalue weighted by atomic mass is 35.5. The minimum atomic E-state index is -3.53. The lowest BCUT2D eigenvalue weighted by Gasteiger charge is -2.26. The van der Waals surface area contributed by atoms with Crippen LogP contribution in [0, 0.1) is 0 Å². The number of fused-ring (bicyclic) bond motifs is 2. The zero-order valence-electron chi connectivity index (χ0n) is 46.8. The molecule has 0 spiro atoms. The number of nitrogens with one attached hydrogen (secondary N) is 3. The molecule has 0 saturated carbocycles. The van der Waals surface area contributed by atoms with Crippen LogP contribution in [0.3, 0.4) is 0 Å². The van der Waals surface area contributed by atoms with Gasteiger partial charge in [0.1, 0.15) is 11.5 Å². The summed E-state index contributed by atoms with van der Waals surface area (Å²) in [7, 11) is 8.10. The molecule has 81 heavy (non-hydrogen) atoms. The van der Waals surface area contributed by atoms with Gasteiger partial charge in [-0.05, 0) is 88.3 Å². The average molecular weight is 1160 g/mol. The van der Waals surface area contributed by atoms with E-state index in [4.69, 9.17) is 26.8 Å². The van der Waals surface area contributed by atoms with E-state index in [1.54, 1.807) is 87.5 Å². The smallest absolute Gasteiger partial charge is 0.247 e. The largest absolute Gasteiger partial charge is 0.494 e. The van der Waals surface area contributed by atoms with E-state index in [-0.39, 0.29) is 11.9 Å². The van der Waals surface area contributed by atoms with Gasteiger partial charge >= 0.3 is 0 Å². The lowest BCUT2D eigenvalue weighted by Crippen LogP contribution is -2.29. The van der Waals surface area contributed by atoms with Crippen molar-refractivity contribution in [2.75, 3.05) is 127 Å². The number of halogens is 1. The SMILES string of the molecule is C=CC(=O)Cl.C=CC(=O)Nc1cc(Nc2nccc(-c3cn(S(C)(=O)=O)c4ccccc34)n2)c(OC)cc1N(C)CCN(C)C.COc1cc(N(C)CCN(C)C)c(N)cc1Nc1nccc(-c2cn(S(C)(=O)=O)c3ccccc23)n1. The zero-order chi connectivity index (χ0) is 59.3. The van der Waals surface area contributed by atoms with Crippen LogP contribution >= 0.6 is 11.6 Å². The van der Waals surface area contributed by atoms with Gasteiger partial charge in [-0.1, -0.05) is 49.6 Å². The molecule has 1 amide bonds. The van der Waals surface area contributed by atoms with Gasteiger partial charge in [-0.25, -0.2) is 44.7 Å². The summed E-state index contributed by atoms with van der Waals surface area (Å²) in [4.78, 5) is 48.0. The summed E-state index contributed by atoms with van der Waals surface area (Å²) in [5, 5.41) is 10.3. The first-order valence-electron chi connectivity index (χ1n) is 24.9. The number of aromatic nitrogens is 6. The second-order valence-corrected chi connectivity index (χ2v) is 22.9. The van der Waals surface area contributed by atoms with Crippen LogP contribution in [-0.2, 0) is 29.6 Å². The molecule has 22 nitrogen and oxygen atoms in total. The first-order chi connectivity index (χ1) is 38.4. The quantitative estimate of drug-likeness (QED) is 0.0302. The first-order valence-corrected chi connectivity index (χ1v) is 28.9. The van der Waals surface area contributed by atoms with Crippen molar-refractivity contribution in [3.05, 3.63) is 135 Å². The fourth-order valence-electron chi connectivity index (χ4n) is 8.19. The number of allylic oxidation sites excluding steroid dienone is 1. The number of carbonyl (C=O) groups is 2. The maximum absolute atomic E-state index is 12.4. The van der Waals surface area contributed by atoms with Crippen LogP contribution in [0.25, 0.3) is 44.3 Å². The summed E-state index contributed by atoms with van der Waals surface area (Å²) in [6.45, 7) is 9.85. The highest BCUT2D eigenvalue weighted by Crippen LogP contribution is 2.40. The van der Waals surface area contributed by atoms with Crippen molar-refractivity contribution in [1.82, 2.24) is 37.7 Å². The molecule has 8 rings (SSSR count). The number of nitrogens with two attached hydrogens (primary N) is 1. The van der Waals surface area contributed by atoms with Gasteiger partial charge in [0.2, 0.25) is 43.1 Å². The first kappa shape index (κ1) is 61.7. The number of likely N-dealkylation sites (N-methyl/N-ethyl adjacent to an activating group) is 4. The van der Waals surface area contributed by atoms with Crippen LogP contribution in [-0.4, -0.2) is 161 Å². The van der Waals surface area contributed by atoms with E-state index in [1.165, 1.54) is 20.3 Å². The Kier molecular flexibility index (Phi) is 20.6. The Bertz CT molecular complexity index is 3810. The van der Waals surface area contributed by atoms with Crippen LogP contribution < -0.4 is 41.0 Å². The minimum absolute atomic E-state index is 0.265. The molecule has 4 aromatic carbocycles. The average Bonchev–Trinajstić information content (AvgIpc) is 4.03. The predicted octanol–water partition coefficient (Wildman–Crippen LogP) is 7.96. The van der Waals surface area contributed by atoms with E-state index in [0.29, 0.717) is 80.3 Å². The van der Waals surface area contributed by atoms with E-state index >= 15 is 0 Å². The van der Waals surface area contributed by atoms with Crippen molar-refractivity contribution >= 4 is 111 Å². The molecular weight excluding hydrogens is 1100 g/mol. The van der Waals surface area contributed by atoms with Crippen LogP contribution in [0.15, 0.2) is 135 Å². The zero-order valence-corrected chi connectivity index (χ0v) is 49.2. The molecule has 0 radical (unpaired) electrons. The number of amides is 1. The van der Waals surface area contributed by atoms with E-state index in [0.717, 1.165) is 54.1 Å². The number of hydrogen-bond acceptors (Lipinski definition) is 19. The molecule has 0 aliphatic heterocycles. The Morgan fingerprint density at radius 3 is 1.46 bits per heavy atom. The maximum Gasteiger partial charge on any atom is 0.247 e. The summed E-state index contributed by atoms with van der Waals surface area (Å²) in [6, 6.07) is 25.3. The van der Waals surface area contributed by atoms with Crippen molar-refractivity contribution in [3.63, 3.8) is 0 Å². The van der Waals surface area contributed by atoms with Crippen LogP contribution in [0.2, 0.25) is 0 Å². The van der Waals surface area contributed by atoms with Gasteiger partial charge in [-0.15, -0.1) is 0 Å². The summed E-state index contributed by atoms with van der Waals surface area (Å²) in [5.41, 5.74) is 13.9. The van der Waals surface area contributed by atoms with Gasteiger partial charge < -0.3 is 50.8 Å². The summed E-state index contributed by atoms with van der Waals surface area (Å²) in [5.74, 6) is 1.36. The fourth-order valence-corrected chi connectivity index (χ4v) is 9.82. The molecule has 4 heterocycles. The van der Waals surface area contributed by atoms with E-state index in [1.807, 2.05) is 83.6 Å². The van der Waals surface area contributed by atoms with Gasteiger partial charge in [0.05, 0.1) is 83.3 Å². The molecule has 5 N–H and O–H groups in total. The Balaban J connectivity index is 0.000000242. The van der Waals surface area contributed by atoms with Gasteiger partial charge in [-0.3, -0.25) is 9.59 Å². The normalized spacial score (nSPS) is 11.3. The van der Waals surface area contributed by atoms with E-state index in [9.17, 15) is 26.4 Å². The molecule has 0 bridgehead atoms. The van der Waals surface area contributed by atoms with Gasteiger partial charge in [0.15, 0.2) is 0 Å². The lowest BCUT2D eigenvalue weighted by atomic mass is 10.1. The fraction of sp³-hybridized carbons (Fsp3) is 0.250. The number of nitrogen functional groups attached to an aromatic ring is 1. The van der Waals surface area contributed by atoms with Gasteiger partial charge in [0, 0.05) is 99.1 Å². The van der Waals surface area contributed by atoms with Crippen LogP contribution in [0.1, 0.15) is 0 Å². The minimum Gasteiger partial charge on any atom is -0.494 e. The van der Waals surface area contributed by atoms with Crippen molar-refractivity contribution in [2.45, 2.75) is 0 Å². The molecule has 0 fully saturated rings. The number of ether oxygens (including phenoxy) is 2. The second-order valence-electron chi connectivity index (χ2n) is 18.9. The predicted molar refractivity (Wildman–Crippen MR) is 327 cm³/mol. The van der Waals surface area contributed by atoms with Crippen LogP contribution in [0.5, 0.6) is 11.5 Å². The Morgan fingerprint density at radius 1 is 0.630 bits per heavy atom. The number of hydrogen-bond donors (Lipinski definition) is 4. The van der Waals surface area contributed by atoms with Crippen molar-refractivity contribution in [2.24, 2.45) is 0 Å². The third-order valence-corrected chi connectivity index (χ3v) is 14.5. The molecule has 0 saturated heterocycles. The van der Waals surface area contributed by atoms with Crippen molar-refractivity contribution in [3.8, 4) is 34.0 Å². The number of benzene rings is 4. The molecule has 0 atom stereocenters. The molecule has 0 aliphatic rings. The molecule has 4 aromatic heterocycles. The third kappa shape index (κ3) is 15.9. The molecule has 8 aromatic rings. The van der Waals surface area contributed by atoms with Gasteiger partial charge in [-0.2, -0.15) is 0 Å². The highest BCUT2D eigenvalue weighted by Gasteiger charge is 2.21. The second kappa shape index (κ2) is 27.1. The molecule has 25 heteroatoms. The summed E-state index contributed by atoms with van der Waals surface area (Å²) < 4.78 is 63.3. The number of carbonyl (C=O) groups excluding carboxylic acids is 2. The van der Waals surface area contributed by atoms with Crippen molar-refractivity contribution < 1.29 is 35.9 Å². The third-order valence-electron chi connectivity index (χ3n) is 12.3. The van der Waals surface area contributed by atoms with Gasteiger partial charge in [0.25, 0.3) is 0 Å². The number of nitrogens with zero attached hydrogens (tertiary/aromatic N) is 10. The standard InChI is InChI=1S/C28H33N7O4S.C25H31N7O3S.C3H3ClO/c1-7-27(36)30-22-16-23(26(39-5)17-25(22)34(4)15-14-33(2)3)32-28-29-13-12-21(31-28)20-18-35(40(6,37)38)24-11-9-8-10-19(20)24;1-30(2)12-13-31(3)23-15-24(35-4)21(14-19(23)26)29-25-27-11-10-20(28-25)18-16-32(36(5,33)34)22-9-7-6-8-17(18)22;1-2-3(4)5/h7-13,16-18H,1,14-15H2,2-6H3,(H,30,36)(H,29,31,32);6-11,14-16H,12-13,26H2,1-5H3,(H,27,28,29);2H,1H2. The topological polar surface area (TPSA) is 257 Å².